The van der Waals surface area contributed by atoms with E-state index in [9.17, 15) is 9.18 Å². The molecule has 0 N–H and O–H groups in total. The first-order valence-corrected chi connectivity index (χ1v) is 5.73. The molecule has 0 unspecified atom stereocenters. The predicted octanol–water partition coefficient (Wildman–Crippen LogP) is 2.42. The normalized spacial score (nSPS) is 32.9. The van der Waals surface area contributed by atoms with Crippen LogP contribution in [0.3, 0.4) is 0 Å². The first kappa shape index (κ1) is 12.6. The van der Waals surface area contributed by atoms with Gasteiger partial charge < -0.3 is 0 Å². The van der Waals surface area contributed by atoms with E-state index < -0.39 is 5.67 Å². The number of rotatable bonds is 3. The highest BCUT2D eigenvalue weighted by Crippen LogP contribution is 2.33. The lowest BCUT2D eigenvalue weighted by Gasteiger charge is -2.27. The molecule has 0 bridgehead atoms. The molecular weight excluding hydrogens is 193 g/mol. The number of carbonyl (C=O) groups excluding carboxylic acids is 1. The fraction of sp³-hybridized carbons (Fsp3) is 0.917. The molecule has 88 valence electrons. The average molecular weight is 215 g/mol. The van der Waals surface area contributed by atoms with Crippen LogP contribution in [0.2, 0.25) is 0 Å². The Bertz CT molecular complexity index is 248. The number of carbonyl (C=O) groups is 1. The van der Waals surface area contributed by atoms with Gasteiger partial charge in [0, 0.05) is 24.9 Å². The van der Waals surface area contributed by atoms with Crippen LogP contribution >= 0.6 is 0 Å². The van der Waals surface area contributed by atoms with Gasteiger partial charge in [-0.1, -0.05) is 13.8 Å². The fourth-order valence-electron chi connectivity index (χ4n) is 2.27. The van der Waals surface area contributed by atoms with Gasteiger partial charge in [0.15, 0.2) is 5.78 Å². The second kappa shape index (κ2) is 4.20. The van der Waals surface area contributed by atoms with Crippen molar-refractivity contribution in [1.82, 2.24) is 4.90 Å². The Hall–Kier alpha value is -0.440. The van der Waals surface area contributed by atoms with E-state index >= 15 is 0 Å². The predicted molar refractivity (Wildman–Crippen MR) is 59.6 cm³/mol. The van der Waals surface area contributed by atoms with E-state index in [4.69, 9.17) is 0 Å². The molecule has 0 aliphatic carbocycles. The molecule has 2 atom stereocenters. The SMILES string of the molecule is CC(C)C(=O)[C@@H]1C[C@@](C)(F)CN1C(C)C. The summed E-state index contributed by atoms with van der Waals surface area (Å²) in [4.78, 5) is 13.9. The van der Waals surface area contributed by atoms with Gasteiger partial charge in [-0.25, -0.2) is 4.39 Å². The highest BCUT2D eigenvalue weighted by molar-refractivity contribution is 5.86. The van der Waals surface area contributed by atoms with Crippen LogP contribution in [0.5, 0.6) is 0 Å². The zero-order valence-electron chi connectivity index (χ0n) is 10.4. The number of likely N-dealkylation sites (tertiary alicyclic amines) is 1. The average Bonchev–Trinajstić information content (AvgIpc) is 2.40. The van der Waals surface area contributed by atoms with Gasteiger partial charge in [0.05, 0.1) is 6.04 Å². The van der Waals surface area contributed by atoms with Crippen LogP contribution in [0.25, 0.3) is 0 Å². The summed E-state index contributed by atoms with van der Waals surface area (Å²) in [5.41, 5.74) is -1.21. The third-order valence-corrected chi connectivity index (χ3v) is 3.09. The Morgan fingerprint density at radius 3 is 2.33 bits per heavy atom. The molecule has 0 aromatic rings. The number of nitrogens with zero attached hydrogens (tertiary/aromatic N) is 1. The summed E-state index contributed by atoms with van der Waals surface area (Å²) >= 11 is 0. The van der Waals surface area contributed by atoms with Crippen molar-refractivity contribution < 1.29 is 9.18 Å². The number of alkyl halides is 1. The molecule has 0 radical (unpaired) electrons. The van der Waals surface area contributed by atoms with Crippen molar-refractivity contribution in [2.75, 3.05) is 6.54 Å². The van der Waals surface area contributed by atoms with Crippen molar-refractivity contribution in [3.63, 3.8) is 0 Å². The molecule has 1 fully saturated rings. The van der Waals surface area contributed by atoms with E-state index in [0.717, 1.165) is 0 Å². The third kappa shape index (κ3) is 2.77. The molecule has 1 rings (SSSR count). The van der Waals surface area contributed by atoms with Gasteiger partial charge in [0.1, 0.15) is 5.67 Å². The quantitative estimate of drug-likeness (QED) is 0.720. The second-order valence-electron chi connectivity index (χ2n) is 5.46. The highest BCUT2D eigenvalue weighted by atomic mass is 19.1. The summed E-state index contributed by atoms with van der Waals surface area (Å²) in [5, 5.41) is 0. The van der Waals surface area contributed by atoms with Gasteiger partial charge in [-0.2, -0.15) is 0 Å². The number of halogens is 1. The maximum atomic E-state index is 13.9. The summed E-state index contributed by atoms with van der Waals surface area (Å²) in [6, 6.07) is 0.00951. The lowest BCUT2D eigenvalue weighted by Crippen LogP contribution is -2.42. The maximum Gasteiger partial charge on any atom is 0.152 e. The minimum Gasteiger partial charge on any atom is -0.298 e. The van der Waals surface area contributed by atoms with Crippen LogP contribution < -0.4 is 0 Å². The van der Waals surface area contributed by atoms with E-state index in [1.54, 1.807) is 6.92 Å². The third-order valence-electron chi connectivity index (χ3n) is 3.09. The molecule has 0 amide bonds. The number of Topliss-reactive ketones (excluding diaryl/α,β-unsaturated/α-hetero) is 1. The standard InChI is InChI=1S/C12H22FNO/c1-8(2)11(15)10-6-12(5,13)7-14(10)9(3)4/h8-10H,6-7H2,1-5H3/t10-,12+/m0/s1. The Labute approximate surface area is 91.8 Å². The molecule has 2 nitrogen and oxygen atoms in total. The Kier molecular flexibility index (Phi) is 3.54. The van der Waals surface area contributed by atoms with Crippen molar-refractivity contribution in [2.45, 2.75) is 58.8 Å². The molecule has 1 aliphatic heterocycles. The molecule has 0 aromatic carbocycles. The lowest BCUT2D eigenvalue weighted by atomic mass is 9.96. The molecule has 0 saturated carbocycles. The van der Waals surface area contributed by atoms with Crippen LogP contribution in [-0.4, -0.2) is 35.0 Å². The molecule has 1 heterocycles. The molecule has 3 heteroatoms. The molecule has 0 spiro atoms. The zero-order chi connectivity index (χ0) is 11.8. The van der Waals surface area contributed by atoms with E-state index in [2.05, 4.69) is 0 Å². The smallest absolute Gasteiger partial charge is 0.152 e. The van der Waals surface area contributed by atoms with Crippen LogP contribution in [-0.2, 0) is 4.79 Å². The van der Waals surface area contributed by atoms with E-state index in [-0.39, 0.29) is 23.8 Å². The molecule has 15 heavy (non-hydrogen) atoms. The van der Waals surface area contributed by atoms with Crippen molar-refractivity contribution in [3.8, 4) is 0 Å². The number of ketones is 1. The van der Waals surface area contributed by atoms with Crippen LogP contribution in [0.4, 0.5) is 4.39 Å². The molecule has 1 aliphatic rings. The van der Waals surface area contributed by atoms with Gasteiger partial charge >= 0.3 is 0 Å². The van der Waals surface area contributed by atoms with Gasteiger partial charge in [-0.15, -0.1) is 0 Å². The van der Waals surface area contributed by atoms with Gasteiger partial charge in [0.25, 0.3) is 0 Å². The van der Waals surface area contributed by atoms with Gasteiger partial charge in [-0.3, -0.25) is 9.69 Å². The maximum absolute atomic E-state index is 13.9. The van der Waals surface area contributed by atoms with Crippen LogP contribution in [0.15, 0.2) is 0 Å². The Morgan fingerprint density at radius 1 is 1.40 bits per heavy atom. The van der Waals surface area contributed by atoms with Crippen molar-refractivity contribution in [3.05, 3.63) is 0 Å². The Balaban J connectivity index is 2.82. The Morgan fingerprint density at radius 2 is 1.93 bits per heavy atom. The summed E-state index contributed by atoms with van der Waals surface area (Å²) in [6.07, 6.45) is 0.349. The lowest BCUT2D eigenvalue weighted by molar-refractivity contribution is -0.126. The first-order chi connectivity index (χ1) is 6.74. The minimum atomic E-state index is -1.21. The number of hydrogen-bond donors (Lipinski definition) is 0. The molecule has 0 aromatic heterocycles. The zero-order valence-corrected chi connectivity index (χ0v) is 10.4. The monoisotopic (exact) mass is 215 g/mol. The topological polar surface area (TPSA) is 20.3 Å². The largest absolute Gasteiger partial charge is 0.298 e. The van der Waals surface area contributed by atoms with Gasteiger partial charge in [0.2, 0.25) is 0 Å². The van der Waals surface area contributed by atoms with Crippen molar-refractivity contribution in [2.24, 2.45) is 5.92 Å². The first-order valence-electron chi connectivity index (χ1n) is 5.73. The van der Waals surface area contributed by atoms with E-state index in [1.165, 1.54) is 0 Å². The second-order valence-corrected chi connectivity index (χ2v) is 5.46. The van der Waals surface area contributed by atoms with Crippen LogP contribution in [0, 0.1) is 5.92 Å². The summed E-state index contributed by atoms with van der Waals surface area (Å²) in [7, 11) is 0. The van der Waals surface area contributed by atoms with Crippen molar-refractivity contribution >= 4 is 5.78 Å². The summed E-state index contributed by atoms with van der Waals surface area (Å²) < 4.78 is 13.9. The summed E-state index contributed by atoms with van der Waals surface area (Å²) in [6.45, 7) is 9.78. The highest BCUT2D eigenvalue weighted by Gasteiger charge is 2.45. The van der Waals surface area contributed by atoms with Crippen LogP contribution in [0.1, 0.15) is 41.0 Å². The van der Waals surface area contributed by atoms with E-state index in [1.807, 2.05) is 32.6 Å². The van der Waals surface area contributed by atoms with Crippen molar-refractivity contribution in [1.29, 1.82) is 0 Å². The summed E-state index contributed by atoms with van der Waals surface area (Å²) in [5.74, 6) is 0.162. The van der Waals surface area contributed by atoms with Gasteiger partial charge in [-0.05, 0) is 20.8 Å². The molecule has 1 saturated heterocycles. The van der Waals surface area contributed by atoms with E-state index in [0.29, 0.717) is 13.0 Å². The minimum absolute atomic E-state index is 0.00912. The molecular formula is C12H22FNO. The number of hydrogen-bond acceptors (Lipinski definition) is 2. The fourth-order valence-corrected chi connectivity index (χ4v) is 2.27.